The zero-order valence-electron chi connectivity index (χ0n) is 18.9. The van der Waals surface area contributed by atoms with Crippen LogP contribution in [-0.4, -0.2) is 33.2 Å². The summed E-state index contributed by atoms with van der Waals surface area (Å²) >= 11 is 14.2. The van der Waals surface area contributed by atoms with Gasteiger partial charge in [0.2, 0.25) is 5.91 Å². The lowest BCUT2D eigenvalue weighted by Crippen LogP contribution is -2.41. The molecule has 0 saturated carbocycles. The number of sulfonamides is 1. The van der Waals surface area contributed by atoms with E-state index in [2.05, 4.69) is 30.4 Å². The Balaban J connectivity index is 1.69. The van der Waals surface area contributed by atoms with E-state index >= 15 is 0 Å². The number of benzene rings is 3. The minimum Gasteiger partial charge on any atom is -0.354 e. The molecule has 0 unspecified atom stereocenters. The first-order valence-electron chi connectivity index (χ1n) is 10.6. The zero-order valence-corrected chi connectivity index (χ0v) is 22.1. The van der Waals surface area contributed by atoms with Crippen molar-refractivity contribution in [2.24, 2.45) is 0 Å². The lowest BCUT2D eigenvalue weighted by atomic mass is 10.2. The topological polar surface area (TPSA) is 66.5 Å². The van der Waals surface area contributed by atoms with Crippen molar-refractivity contribution in [1.82, 2.24) is 5.32 Å². The molecule has 0 saturated heterocycles. The van der Waals surface area contributed by atoms with Crippen LogP contribution in [0, 0.1) is 13.8 Å². The van der Waals surface area contributed by atoms with Gasteiger partial charge in [-0.2, -0.15) is 11.8 Å². The predicted molar refractivity (Wildman–Crippen MR) is 143 cm³/mol. The SMILES string of the molecule is Cc1ccc(S(=O)(=O)N(CC(=O)NCCSCc2cccc(C)c2)c2cccc(Cl)c2Cl)cc1. The van der Waals surface area contributed by atoms with Crippen molar-refractivity contribution < 1.29 is 13.2 Å². The van der Waals surface area contributed by atoms with Crippen molar-refractivity contribution in [3.8, 4) is 0 Å². The maximum absolute atomic E-state index is 13.4. The second kappa shape index (κ2) is 12.0. The molecule has 0 fully saturated rings. The summed E-state index contributed by atoms with van der Waals surface area (Å²) in [5, 5.41) is 3.08. The predicted octanol–water partition coefficient (Wildman–Crippen LogP) is 5.86. The van der Waals surface area contributed by atoms with Crippen LogP contribution < -0.4 is 9.62 Å². The molecule has 0 atom stereocenters. The van der Waals surface area contributed by atoms with Gasteiger partial charge in [0, 0.05) is 18.1 Å². The van der Waals surface area contributed by atoms with Gasteiger partial charge in [-0.1, -0.05) is 76.8 Å². The first kappa shape index (κ1) is 26.4. The molecule has 0 bridgehead atoms. The third-order valence-electron chi connectivity index (χ3n) is 5.02. The molecule has 1 N–H and O–H groups in total. The van der Waals surface area contributed by atoms with E-state index in [4.69, 9.17) is 23.2 Å². The smallest absolute Gasteiger partial charge is 0.264 e. The Morgan fingerprint density at radius 2 is 1.68 bits per heavy atom. The van der Waals surface area contributed by atoms with Gasteiger partial charge < -0.3 is 5.32 Å². The van der Waals surface area contributed by atoms with E-state index in [1.807, 2.05) is 13.0 Å². The number of carbonyl (C=O) groups excluding carboxylic acids is 1. The van der Waals surface area contributed by atoms with E-state index in [-0.39, 0.29) is 20.6 Å². The summed E-state index contributed by atoms with van der Waals surface area (Å²) in [5.74, 6) is 1.11. The van der Waals surface area contributed by atoms with E-state index in [9.17, 15) is 13.2 Å². The van der Waals surface area contributed by atoms with Gasteiger partial charge in [0.1, 0.15) is 6.54 Å². The Bertz CT molecular complexity index is 1250. The highest BCUT2D eigenvalue weighted by Crippen LogP contribution is 2.35. The second-order valence-electron chi connectivity index (χ2n) is 7.79. The summed E-state index contributed by atoms with van der Waals surface area (Å²) < 4.78 is 27.9. The molecule has 180 valence electrons. The van der Waals surface area contributed by atoms with Crippen LogP contribution in [0.15, 0.2) is 71.6 Å². The first-order chi connectivity index (χ1) is 16.2. The molecule has 0 aliphatic carbocycles. The summed E-state index contributed by atoms with van der Waals surface area (Å²) in [5.41, 5.74) is 3.51. The van der Waals surface area contributed by atoms with E-state index in [0.29, 0.717) is 12.3 Å². The highest BCUT2D eigenvalue weighted by atomic mass is 35.5. The summed E-state index contributed by atoms with van der Waals surface area (Å²) in [6.07, 6.45) is 0. The number of hydrogen-bond donors (Lipinski definition) is 1. The average Bonchev–Trinajstić information content (AvgIpc) is 2.79. The number of aryl methyl sites for hydroxylation is 2. The van der Waals surface area contributed by atoms with E-state index in [1.54, 1.807) is 36.0 Å². The lowest BCUT2D eigenvalue weighted by molar-refractivity contribution is -0.119. The van der Waals surface area contributed by atoms with Crippen molar-refractivity contribution >= 4 is 56.6 Å². The van der Waals surface area contributed by atoms with E-state index < -0.39 is 22.5 Å². The third kappa shape index (κ3) is 6.92. The molecule has 0 heterocycles. The van der Waals surface area contributed by atoms with Gasteiger partial charge in [-0.3, -0.25) is 9.10 Å². The largest absolute Gasteiger partial charge is 0.354 e. The first-order valence-corrected chi connectivity index (χ1v) is 14.0. The number of amides is 1. The number of nitrogens with zero attached hydrogens (tertiary/aromatic N) is 1. The van der Waals surface area contributed by atoms with Gasteiger partial charge in [-0.05, 0) is 43.7 Å². The van der Waals surface area contributed by atoms with Crippen LogP contribution in [-0.2, 0) is 20.6 Å². The van der Waals surface area contributed by atoms with Gasteiger partial charge >= 0.3 is 0 Å². The van der Waals surface area contributed by atoms with Crippen LogP contribution in [0.1, 0.15) is 16.7 Å². The van der Waals surface area contributed by atoms with Crippen LogP contribution >= 0.6 is 35.0 Å². The highest BCUT2D eigenvalue weighted by molar-refractivity contribution is 7.98. The Kier molecular flexibility index (Phi) is 9.31. The monoisotopic (exact) mass is 536 g/mol. The number of halogens is 2. The molecule has 3 aromatic rings. The third-order valence-corrected chi connectivity index (χ3v) is 8.63. The van der Waals surface area contributed by atoms with Crippen molar-refractivity contribution in [1.29, 1.82) is 0 Å². The van der Waals surface area contributed by atoms with Crippen LogP contribution in [0.5, 0.6) is 0 Å². The molecular weight excluding hydrogens is 511 g/mol. The lowest BCUT2D eigenvalue weighted by Gasteiger charge is -2.25. The zero-order chi connectivity index (χ0) is 24.7. The summed E-state index contributed by atoms with van der Waals surface area (Å²) in [6, 6.07) is 19.4. The Hall–Kier alpha value is -2.19. The van der Waals surface area contributed by atoms with Crippen LogP contribution in [0.4, 0.5) is 5.69 Å². The number of carbonyl (C=O) groups is 1. The second-order valence-corrected chi connectivity index (χ2v) is 11.5. The van der Waals surface area contributed by atoms with Crippen molar-refractivity contribution in [2.45, 2.75) is 24.5 Å². The number of thioether (sulfide) groups is 1. The quantitative estimate of drug-likeness (QED) is 0.329. The summed E-state index contributed by atoms with van der Waals surface area (Å²) in [4.78, 5) is 12.8. The fourth-order valence-electron chi connectivity index (χ4n) is 3.26. The molecule has 3 aromatic carbocycles. The molecule has 3 rings (SSSR count). The molecular formula is C25H26Cl2N2O3S2. The standard InChI is InChI=1S/C25H26Cl2N2O3S2/c1-18-9-11-21(12-10-18)34(31,32)29(23-8-4-7-22(26)25(23)27)16-24(30)28-13-14-33-17-20-6-3-5-19(2)15-20/h3-12,15H,13-14,16-17H2,1-2H3,(H,28,30). The van der Waals surface area contributed by atoms with Crippen molar-refractivity contribution in [2.75, 3.05) is 23.1 Å². The summed E-state index contributed by atoms with van der Waals surface area (Å²) in [6.45, 7) is 3.92. The van der Waals surface area contributed by atoms with Gasteiger partial charge in [0.25, 0.3) is 10.0 Å². The number of nitrogens with one attached hydrogen (secondary N) is 1. The maximum atomic E-state index is 13.4. The Morgan fingerprint density at radius 3 is 2.38 bits per heavy atom. The van der Waals surface area contributed by atoms with Gasteiger partial charge in [0.15, 0.2) is 0 Å². The normalized spacial score (nSPS) is 11.3. The molecule has 1 amide bonds. The van der Waals surface area contributed by atoms with Gasteiger partial charge in [0.05, 0.1) is 20.6 Å². The number of anilines is 1. The number of rotatable bonds is 10. The van der Waals surface area contributed by atoms with E-state index in [0.717, 1.165) is 15.6 Å². The van der Waals surface area contributed by atoms with Crippen LogP contribution in [0.25, 0.3) is 0 Å². The molecule has 0 radical (unpaired) electrons. The average molecular weight is 538 g/mol. The molecule has 0 aliphatic rings. The Morgan fingerprint density at radius 1 is 0.971 bits per heavy atom. The van der Waals surface area contributed by atoms with E-state index in [1.165, 1.54) is 29.3 Å². The Labute approximate surface area is 215 Å². The van der Waals surface area contributed by atoms with Crippen LogP contribution in [0.3, 0.4) is 0 Å². The van der Waals surface area contributed by atoms with Crippen molar-refractivity contribution in [3.63, 3.8) is 0 Å². The minimum atomic E-state index is -4.06. The summed E-state index contributed by atoms with van der Waals surface area (Å²) in [7, 11) is -4.06. The molecule has 0 aliphatic heterocycles. The fourth-order valence-corrected chi connectivity index (χ4v) is 5.95. The number of hydrogen-bond acceptors (Lipinski definition) is 4. The fraction of sp³-hybridized carbons (Fsp3) is 0.240. The highest BCUT2D eigenvalue weighted by Gasteiger charge is 2.29. The maximum Gasteiger partial charge on any atom is 0.264 e. The van der Waals surface area contributed by atoms with Crippen molar-refractivity contribution in [3.05, 3.63) is 93.5 Å². The molecule has 0 spiro atoms. The minimum absolute atomic E-state index is 0.0654. The van der Waals surface area contributed by atoms with Gasteiger partial charge in [-0.15, -0.1) is 0 Å². The molecule has 0 aromatic heterocycles. The molecule has 9 heteroatoms. The molecule has 5 nitrogen and oxygen atoms in total. The van der Waals surface area contributed by atoms with Gasteiger partial charge in [-0.25, -0.2) is 8.42 Å². The van der Waals surface area contributed by atoms with Crippen LogP contribution in [0.2, 0.25) is 10.0 Å². The molecule has 34 heavy (non-hydrogen) atoms.